The zero-order chi connectivity index (χ0) is 17.8. The summed E-state index contributed by atoms with van der Waals surface area (Å²) in [6.07, 6.45) is 0.0757. The maximum atomic E-state index is 6.49. The predicted molar refractivity (Wildman–Crippen MR) is 105 cm³/mol. The van der Waals surface area contributed by atoms with E-state index in [1.807, 2.05) is 36.4 Å². The minimum atomic E-state index is 0.0757. The van der Waals surface area contributed by atoms with Crippen molar-refractivity contribution < 1.29 is 4.74 Å². The quantitative estimate of drug-likeness (QED) is 0.744. The standard InChI is InChI=1S/C20H24Cl2N2O/c1-15(24-12-10-23(2)11-13-24)25-14-16-6-5-9-19(22)20(16)17-7-3-4-8-18(17)21/h3-9,15H,10-14H2,1-2H3. The van der Waals surface area contributed by atoms with Crippen LogP contribution in [0, 0.1) is 0 Å². The van der Waals surface area contributed by atoms with Crippen molar-refractivity contribution in [3.8, 4) is 11.1 Å². The van der Waals surface area contributed by atoms with E-state index in [-0.39, 0.29) is 6.23 Å². The maximum Gasteiger partial charge on any atom is 0.108 e. The average Bonchev–Trinajstić information content (AvgIpc) is 2.61. The molecule has 0 aromatic heterocycles. The van der Waals surface area contributed by atoms with Crippen molar-refractivity contribution in [3.05, 3.63) is 58.1 Å². The van der Waals surface area contributed by atoms with Gasteiger partial charge in [-0.05, 0) is 31.7 Å². The molecule has 1 saturated heterocycles. The van der Waals surface area contributed by atoms with Gasteiger partial charge in [-0.25, -0.2) is 0 Å². The molecule has 1 fully saturated rings. The smallest absolute Gasteiger partial charge is 0.108 e. The number of halogens is 2. The lowest BCUT2D eigenvalue weighted by atomic mass is 10.00. The number of hydrogen-bond acceptors (Lipinski definition) is 3. The molecule has 0 radical (unpaired) electrons. The van der Waals surface area contributed by atoms with Gasteiger partial charge in [0, 0.05) is 47.4 Å². The Bertz CT molecular complexity index is 715. The third kappa shape index (κ3) is 4.55. The molecule has 5 heteroatoms. The Morgan fingerprint density at radius 2 is 1.64 bits per heavy atom. The van der Waals surface area contributed by atoms with Gasteiger partial charge in [0.15, 0.2) is 0 Å². The Hall–Kier alpha value is -1.10. The molecule has 134 valence electrons. The highest BCUT2D eigenvalue weighted by molar-refractivity contribution is 6.36. The number of likely N-dealkylation sites (N-methyl/N-ethyl adjacent to an activating group) is 1. The molecule has 0 aliphatic carbocycles. The zero-order valence-corrected chi connectivity index (χ0v) is 16.2. The van der Waals surface area contributed by atoms with Crippen LogP contribution in [-0.4, -0.2) is 49.3 Å². The Labute approximate surface area is 160 Å². The van der Waals surface area contributed by atoms with Gasteiger partial charge in [-0.15, -0.1) is 0 Å². The van der Waals surface area contributed by atoms with Crippen LogP contribution in [-0.2, 0) is 11.3 Å². The average molecular weight is 379 g/mol. The van der Waals surface area contributed by atoms with Crippen LogP contribution in [0.3, 0.4) is 0 Å². The summed E-state index contributed by atoms with van der Waals surface area (Å²) in [4.78, 5) is 4.72. The summed E-state index contributed by atoms with van der Waals surface area (Å²) >= 11 is 12.9. The molecule has 1 aliphatic rings. The first-order chi connectivity index (χ1) is 12.1. The molecule has 2 aromatic rings. The third-order valence-electron chi connectivity index (χ3n) is 4.78. The van der Waals surface area contributed by atoms with Crippen LogP contribution < -0.4 is 0 Å². The van der Waals surface area contributed by atoms with Crippen molar-refractivity contribution in [2.75, 3.05) is 33.2 Å². The van der Waals surface area contributed by atoms with Crippen molar-refractivity contribution in [2.45, 2.75) is 19.8 Å². The monoisotopic (exact) mass is 378 g/mol. The first-order valence-electron chi connectivity index (χ1n) is 8.62. The van der Waals surface area contributed by atoms with E-state index in [1.54, 1.807) is 0 Å². The largest absolute Gasteiger partial charge is 0.359 e. The van der Waals surface area contributed by atoms with Crippen LogP contribution in [0.2, 0.25) is 10.0 Å². The van der Waals surface area contributed by atoms with E-state index >= 15 is 0 Å². The number of piperazine rings is 1. The topological polar surface area (TPSA) is 15.7 Å². The minimum absolute atomic E-state index is 0.0757. The summed E-state index contributed by atoms with van der Waals surface area (Å²) < 4.78 is 6.17. The SMILES string of the molecule is CC(OCc1cccc(Cl)c1-c1ccccc1Cl)N1CCN(C)CC1. The molecule has 1 atom stereocenters. The van der Waals surface area contributed by atoms with Crippen LogP contribution in [0.4, 0.5) is 0 Å². The highest BCUT2D eigenvalue weighted by Gasteiger charge is 2.20. The van der Waals surface area contributed by atoms with Crippen LogP contribution in [0.5, 0.6) is 0 Å². The lowest BCUT2D eigenvalue weighted by molar-refractivity contribution is -0.0707. The maximum absolute atomic E-state index is 6.49. The molecule has 3 nitrogen and oxygen atoms in total. The molecule has 2 aromatic carbocycles. The molecule has 25 heavy (non-hydrogen) atoms. The lowest BCUT2D eigenvalue weighted by Gasteiger charge is -2.36. The van der Waals surface area contributed by atoms with Crippen molar-refractivity contribution in [1.29, 1.82) is 0 Å². The molecule has 1 aliphatic heterocycles. The van der Waals surface area contributed by atoms with Crippen molar-refractivity contribution in [1.82, 2.24) is 9.80 Å². The van der Waals surface area contributed by atoms with E-state index in [4.69, 9.17) is 27.9 Å². The summed E-state index contributed by atoms with van der Waals surface area (Å²) in [6.45, 7) is 6.85. The van der Waals surface area contributed by atoms with E-state index in [9.17, 15) is 0 Å². The van der Waals surface area contributed by atoms with Gasteiger partial charge in [0.2, 0.25) is 0 Å². The number of ether oxygens (including phenoxy) is 1. The summed E-state index contributed by atoms with van der Waals surface area (Å²) in [5.74, 6) is 0. The van der Waals surface area contributed by atoms with Crippen LogP contribution >= 0.6 is 23.2 Å². The van der Waals surface area contributed by atoms with Crippen molar-refractivity contribution in [2.24, 2.45) is 0 Å². The van der Waals surface area contributed by atoms with Crippen LogP contribution in [0.15, 0.2) is 42.5 Å². The second kappa shape index (κ2) is 8.52. The fraction of sp³-hybridized carbons (Fsp3) is 0.400. The van der Waals surface area contributed by atoms with Gasteiger partial charge in [-0.1, -0.05) is 53.5 Å². The first kappa shape index (κ1) is 18.7. The Kier molecular flexibility index (Phi) is 6.37. The Balaban J connectivity index is 1.75. The van der Waals surface area contributed by atoms with Crippen molar-refractivity contribution >= 4 is 23.2 Å². The van der Waals surface area contributed by atoms with E-state index in [2.05, 4.69) is 29.8 Å². The molecular formula is C20H24Cl2N2O. The van der Waals surface area contributed by atoms with Gasteiger partial charge in [-0.3, -0.25) is 4.90 Å². The predicted octanol–water partition coefficient (Wildman–Crippen LogP) is 4.77. The summed E-state index contributed by atoms with van der Waals surface area (Å²) in [5, 5.41) is 1.39. The van der Waals surface area contributed by atoms with Gasteiger partial charge >= 0.3 is 0 Å². The third-order valence-corrected chi connectivity index (χ3v) is 5.42. The fourth-order valence-electron chi connectivity index (χ4n) is 3.16. The highest BCUT2D eigenvalue weighted by atomic mass is 35.5. The van der Waals surface area contributed by atoms with Gasteiger partial charge in [-0.2, -0.15) is 0 Å². The molecule has 3 rings (SSSR count). The second-order valence-electron chi connectivity index (χ2n) is 6.50. The summed E-state index contributed by atoms with van der Waals surface area (Å²) in [7, 11) is 2.16. The number of nitrogens with zero attached hydrogens (tertiary/aromatic N) is 2. The normalized spacial score (nSPS) is 17.6. The molecule has 0 saturated carbocycles. The van der Waals surface area contributed by atoms with E-state index < -0.39 is 0 Å². The Morgan fingerprint density at radius 3 is 2.36 bits per heavy atom. The Morgan fingerprint density at radius 1 is 0.960 bits per heavy atom. The molecule has 0 N–H and O–H groups in total. The molecule has 0 bridgehead atoms. The molecular weight excluding hydrogens is 355 g/mol. The molecule has 0 amide bonds. The molecule has 0 spiro atoms. The van der Waals surface area contributed by atoms with Gasteiger partial charge in [0.1, 0.15) is 6.23 Å². The highest BCUT2D eigenvalue weighted by Crippen LogP contribution is 2.36. The van der Waals surface area contributed by atoms with Crippen LogP contribution in [0.25, 0.3) is 11.1 Å². The summed E-state index contributed by atoms with van der Waals surface area (Å²) in [6, 6.07) is 13.7. The lowest BCUT2D eigenvalue weighted by Crippen LogP contribution is -2.48. The number of benzene rings is 2. The van der Waals surface area contributed by atoms with Gasteiger partial charge < -0.3 is 9.64 Å². The van der Waals surface area contributed by atoms with Crippen molar-refractivity contribution in [3.63, 3.8) is 0 Å². The van der Waals surface area contributed by atoms with Gasteiger partial charge in [0.25, 0.3) is 0 Å². The van der Waals surface area contributed by atoms with Crippen LogP contribution in [0.1, 0.15) is 12.5 Å². The molecule has 1 unspecified atom stereocenters. The summed E-state index contributed by atoms with van der Waals surface area (Å²) in [5.41, 5.74) is 2.96. The molecule has 1 heterocycles. The first-order valence-corrected chi connectivity index (χ1v) is 9.38. The zero-order valence-electron chi connectivity index (χ0n) is 14.7. The second-order valence-corrected chi connectivity index (χ2v) is 7.32. The fourth-order valence-corrected chi connectivity index (χ4v) is 3.68. The number of hydrogen-bond donors (Lipinski definition) is 0. The van der Waals surface area contributed by atoms with Gasteiger partial charge in [0.05, 0.1) is 6.61 Å². The van der Waals surface area contributed by atoms with E-state index in [0.717, 1.165) is 42.9 Å². The van der Waals surface area contributed by atoms with E-state index in [0.29, 0.717) is 16.7 Å². The van der Waals surface area contributed by atoms with E-state index in [1.165, 1.54) is 0 Å². The minimum Gasteiger partial charge on any atom is -0.359 e. The number of rotatable bonds is 5.